The van der Waals surface area contributed by atoms with Crippen molar-refractivity contribution in [3.05, 3.63) is 28.0 Å². The molecule has 0 fully saturated rings. The van der Waals surface area contributed by atoms with Crippen molar-refractivity contribution in [1.82, 2.24) is 15.0 Å². The van der Waals surface area contributed by atoms with Crippen molar-refractivity contribution in [3.8, 4) is 0 Å². The first kappa shape index (κ1) is 15.7. The number of hydrogen-bond donors (Lipinski definition) is 2. The molecule has 0 atom stereocenters. The minimum Gasteiger partial charge on any atom is -0.377 e. The van der Waals surface area contributed by atoms with Crippen molar-refractivity contribution in [2.45, 2.75) is 26.9 Å². The average Bonchev–Trinajstić information content (AvgIpc) is 2.85. The van der Waals surface area contributed by atoms with Crippen molar-refractivity contribution in [2.75, 3.05) is 30.8 Å². The summed E-state index contributed by atoms with van der Waals surface area (Å²) in [6.07, 6.45) is 0.888. The Morgan fingerprint density at radius 1 is 1.19 bits per heavy atom. The van der Waals surface area contributed by atoms with Crippen LogP contribution in [0.5, 0.6) is 0 Å². The molecule has 0 radical (unpaired) electrons. The average molecular weight is 307 g/mol. The molecule has 6 nitrogen and oxygen atoms in total. The van der Waals surface area contributed by atoms with Crippen LogP contribution in [0.1, 0.15) is 23.4 Å². The van der Waals surface area contributed by atoms with Gasteiger partial charge in [0.1, 0.15) is 18.2 Å². The Balaban J connectivity index is 1.97. The van der Waals surface area contributed by atoms with Gasteiger partial charge in [-0.25, -0.2) is 15.0 Å². The predicted octanol–water partition coefficient (Wildman–Crippen LogP) is 2.47. The minimum absolute atomic E-state index is 0.402. The zero-order valence-corrected chi connectivity index (χ0v) is 13.5. The van der Waals surface area contributed by atoms with E-state index in [1.165, 1.54) is 0 Å². The summed E-state index contributed by atoms with van der Waals surface area (Å²) in [6, 6.07) is 1.91. The number of rotatable bonds is 8. The number of methoxy groups -OCH3 is 1. The van der Waals surface area contributed by atoms with Gasteiger partial charge in [0.2, 0.25) is 0 Å². The van der Waals surface area contributed by atoms with Crippen LogP contribution in [0, 0.1) is 6.92 Å². The molecule has 2 aromatic rings. The van der Waals surface area contributed by atoms with Crippen molar-refractivity contribution < 1.29 is 4.74 Å². The number of anilines is 2. The van der Waals surface area contributed by atoms with E-state index >= 15 is 0 Å². The predicted molar refractivity (Wildman–Crippen MR) is 86.0 cm³/mol. The van der Waals surface area contributed by atoms with Crippen LogP contribution in [-0.4, -0.2) is 35.2 Å². The first-order valence-electron chi connectivity index (χ1n) is 6.97. The number of aromatic nitrogens is 3. The van der Waals surface area contributed by atoms with Gasteiger partial charge in [0, 0.05) is 43.8 Å². The van der Waals surface area contributed by atoms with Gasteiger partial charge in [-0.2, -0.15) is 0 Å². The molecule has 21 heavy (non-hydrogen) atoms. The van der Waals surface area contributed by atoms with Gasteiger partial charge >= 0.3 is 0 Å². The van der Waals surface area contributed by atoms with E-state index in [2.05, 4.69) is 31.0 Å². The maximum atomic E-state index is 5.10. The SMILES string of the molecule is CCNc1cc(NCCc2nc(C)cs2)nc(COC)n1. The summed E-state index contributed by atoms with van der Waals surface area (Å²) >= 11 is 1.69. The molecular formula is C14H21N5OS. The summed E-state index contributed by atoms with van der Waals surface area (Å²) in [5.74, 6) is 2.29. The largest absolute Gasteiger partial charge is 0.377 e. The van der Waals surface area contributed by atoms with E-state index in [1.807, 2.05) is 19.9 Å². The molecule has 2 aromatic heterocycles. The standard InChI is InChI=1S/C14H21N5OS/c1-4-15-11-7-12(19-13(18-11)8-20-3)16-6-5-14-17-10(2)9-21-14/h7,9H,4-6,8H2,1-3H3,(H2,15,16,18,19). The molecule has 2 rings (SSSR count). The zero-order chi connectivity index (χ0) is 15.1. The van der Waals surface area contributed by atoms with E-state index in [9.17, 15) is 0 Å². The molecule has 0 saturated heterocycles. The van der Waals surface area contributed by atoms with Crippen LogP contribution in [0.15, 0.2) is 11.4 Å². The summed E-state index contributed by atoms with van der Waals surface area (Å²) in [6.45, 7) is 6.07. The third kappa shape index (κ3) is 4.95. The van der Waals surface area contributed by atoms with Gasteiger partial charge in [0.15, 0.2) is 5.82 Å². The minimum atomic E-state index is 0.402. The lowest BCUT2D eigenvalue weighted by molar-refractivity contribution is 0.178. The van der Waals surface area contributed by atoms with Crippen molar-refractivity contribution in [1.29, 1.82) is 0 Å². The fourth-order valence-corrected chi connectivity index (χ4v) is 2.64. The summed E-state index contributed by atoms with van der Waals surface area (Å²) in [5, 5.41) is 9.73. The lowest BCUT2D eigenvalue weighted by Crippen LogP contribution is -2.10. The highest BCUT2D eigenvalue weighted by Gasteiger charge is 2.05. The molecule has 2 heterocycles. The molecule has 0 aliphatic rings. The summed E-state index contributed by atoms with van der Waals surface area (Å²) in [4.78, 5) is 13.3. The first-order valence-corrected chi connectivity index (χ1v) is 7.85. The summed E-state index contributed by atoms with van der Waals surface area (Å²) in [5.41, 5.74) is 1.08. The van der Waals surface area contributed by atoms with Gasteiger partial charge in [-0.3, -0.25) is 0 Å². The van der Waals surface area contributed by atoms with E-state index in [1.54, 1.807) is 18.4 Å². The fourth-order valence-electron chi connectivity index (χ4n) is 1.87. The molecule has 0 amide bonds. The number of ether oxygens (including phenoxy) is 1. The second-order valence-electron chi connectivity index (χ2n) is 4.58. The van der Waals surface area contributed by atoms with Crippen LogP contribution in [0.4, 0.5) is 11.6 Å². The second-order valence-corrected chi connectivity index (χ2v) is 5.52. The lowest BCUT2D eigenvalue weighted by Gasteiger charge is -2.10. The first-order chi connectivity index (χ1) is 10.2. The normalized spacial score (nSPS) is 10.6. The van der Waals surface area contributed by atoms with Gasteiger partial charge in [-0.1, -0.05) is 0 Å². The Kier molecular flexibility index (Phi) is 5.89. The lowest BCUT2D eigenvalue weighted by atomic mass is 10.4. The van der Waals surface area contributed by atoms with E-state index in [-0.39, 0.29) is 0 Å². The molecule has 0 aromatic carbocycles. The number of nitrogens with one attached hydrogen (secondary N) is 2. The van der Waals surface area contributed by atoms with E-state index in [4.69, 9.17) is 4.74 Å². The third-order valence-electron chi connectivity index (χ3n) is 2.72. The molecule has 0 unspecified atom stereocenters. The smallest absolute Gasteiger partial charge is 0.158 e. The molecule has 0 spiro atoms. The van der Waals surface area contributed by atoms with Gasteiger partial charge in [0.05, 0.1) is 5.01 Å². The number of thiazole rings is 1. The Bertz CT molecular complexity index is 548. The molecule has 7 heteroatoms. The molecule has 0 saturated carbocycles. The highest BCUT2D eigenvalue weighted by atomic mass is 32.1. The van der Waals surface area contributed by atoms with Gasteiger partial charge in [-0.15, -0.1) is 11.3 Å². The van der Waals surface area contributed by atoms with E-state index in [0.717, 1.165) is 41.8 Å². The molecule has 0 aliphatic carbocycles. The highest BCUT2D eigenvalue weighted by Crippen LogP contribution is 2.13. The second kappa shape index (κ2) is 7.90. The highest BCUT2D eigenvalue weighted by molar-refractivity contribution is 7.09. The monoisotopic (exact) mass is 307 g/mol. The van der Waals surface area contributed by atoms with Crippen LogP contribution < -0.4 is 10.6 Å². The Labute approximate surface area is 129 Å². The maximum Gasteiger partial charge on any atom is 0.158 e. The molecular weight excluding hydrogens is 286 g/mol. The molecule has 114 valence electrons. The van der Waals surface area contributed by atoms with E-state index in [0.29, 0.717) is 12.4 Å². The quantitative estimate of drug-likeness (QED) is 0.780. The number of aryl methyl sites for hydroxylation is 1. The zero-order valence-electron chi connectivity index (χ0n) is 12.6. The Morgan fingerprint density at radius 3 is 2.57 bits per heavy atom. The third-order valence-corrected chi connectivity index (χ3v) is 3.74. The van der Waals surface area contributed by atoms with Gasteiger partial charge < -0.3 is 15.4 Å². The Hall–Kier alpha value is -1.73. The van der Waals surface area contributed by atoms with Crippen LogP contribution in [0.3, 0.4) is 0 Å². The molecule has 0 aliphatic heterocycles. The maximum absolute atomic E-state index is 5.10. The summed E-state index contributed by atoms with van der Waals surface area (Å²) in [7, 11) is 1.64. The van der Waals surface area contributed by atoms with E-state index < -0.39 is 0 Å². The molecule has 2 N–H and O–H groups in total. The van der Waals surface area contributed by atoms with Crippen molar-refractivity contribution in [3.63, 3.8) is 0 Å². The number of hydrogen-bond acceptors (Lipinski definition) is 7. The van der Waals surface area contributed by atoms with Gasteiger partial charge in [-0.05, 0) is 13.8 Å². The van der Waals surface area contributed by atoms with Crippen LogP contribution in [-0.2, 0) is 17.8 Å². The number of nitrogens with zero attached hydrogens (tertiary/aromatic N) is 3. The topological polar surface area (TPSA) is 72.0 Å². The van der Waals surface area contributed by atoms with Gasteiger partial charge in [0.25, 0.3) is 0 Å². The van der Waals surface area contributed by atoms with Crippen LogP contribution >= 0.6 is 11.3 Å². The fraction of sp³-hybridized carbons (Fsp3) is 0.500. The van der Waals surface area contributed by atoms with Crippen molar-refractivity contribution in [2.24, 2.45) is 0 Å². The summed E-state index contributed by atoms with van der Waals surface area (Å²) < 4.78 is 5.10. The van der Waals surface area contributed by atoms with Crippen LogP contribution in [0.2, 0.25) is 0 Å². The molecule has 0 bridgehead atoms. The van der Waals surface area contributed by atoms with Crippen LogP contribution in [0.25, 0.3) is 0 Å². The van der Waals surface area contributed by atoms with Crippen molar-refractivity contribution >= 4 is 23.0 Å². The Morgan fingerprint density at radius 2 is 1.95 bits per heavy atom.